The Bertz CT molecular complexity index is 1030. The molecule has 0 saturated heterocycles. The Kier molecular flexibility index (Phi) is 5.99. The van der Waals surface area contributed by atoms with Gasteiger partial charge in [-0.2, -0.15) is 5.10 Å². The van der Waals surface area contributed by atoms with Crippen molar-refractivity contribution in [1.29, 1.82) is 0 Å². The molecule has 1 heterocycles. The first-order valence-electron chi connectivity index (χ1n) is 9.24. The number of fused-ring (bicyclic) bond motifs is 1. The van der Waals surface area contributed by atoms with Crippen LogP contribution in [-0.2, 0) is 0 Å². The first kappa shape index (κ1) is 19.9. The topological polar surface area (TPSA) is 58.8 Å². The Labute approximate surface area is 170 Å². The Morgan fingerprint density at radius 2 is 1.86 bits per heavy atom. The summed E-state index contributed by atoms with van der Waals surface area (Å²) in [5, 5.41) is 9.00. The van der Waals surface area contributed by atoms with Gasteiger partial charge < -0.3 is 14.5 Å². The first-order valence-corrected chi connectivity index (χ1v) is 9.64. The molecule has 6 heteroatoms. The lowest BCUT2D eigenvalue weighted by Gasteiger charge is -2.14. The van der Waals surface area contributed by atoms with Gasteiger partial charge in [-0.3, -0.25) is 5.43 Å². The van der Waals surface area contributed by atoms with Gasteiger partial charge >= 0.3 is 0 Å². The number of hydrogen-bond donors (Lipinski definition) is 2. The molecule has 3 aromatic rings. The number of benzene rings is 2. The highest BCUT2D eigenvalue weighted by atomic mass is 32.1. The molecule has 0 atom stereocenters. The summed E-state index contributed by atoms with van der Waals surface area (Å²) < 4.78 is 11.6. The fraction of sp³-hybridized carbons (Fsp3) is 0.273. The quantitative estimate of drug-likeness (QED) is 0.341. The van der Waals surface area contributed by atoms with Crippen LogP contribution < -0.4 is 15.5 Å². The van der Waals surface area contributed by atoms with Gasteiger partial charge in [0.15, 0.2) is 22.2 Å². The van der Waals surface area contributed by atoms with Crippen LogP contribution in [0.5, 0.6) is 5.75 Å². The molecule has 0 amide bonds. The van der Waals surface area contributed by atoms with Crippen LogP contribution in [0.15, 0.2) is 45.9 Å². The van der Waals surface area contributed by atoms with Crippen molar-refractivity contribution < 1.29 is 9.15 Å². The summed E-state index contributed by atoms with van der Waals surface area (Å²) in [7, 11) is 0. The van der Waals surface area contributed by atoms with Gasteiger partial charge in [0, 0.05) is 11.1 Å². The number of furan rings is 1. The fourth-order valence-corrected chi connectivity index (χ4v) is 3.34. The van der Waals surface area contributed by atoms with Crippen molar-refractivity contribution >= 4 is 39.7 Å². The van der Waals surface area contributed by atoms with Crippen molar-refractivity contribution in [2.24, 2.45) is 5.10 Å². The summed E-state index contributed by atoms with van der Waals surface area (Å²) in [5.41, 5.74) is 8.83. The average Bonchev–Trinajstić information content (AvgIpc) is 3.08. The number of hydrogen-bond acceptors (Lipinski definition) is 4. The first-order chi connectivity index (χ1) is 13.4. The molecule has 2 aromatic carbocycles. The van der Waals surface area contributed by atoms with Gasteiger partial charge in [-0.25, -0.2) is 0 Å². The van der Waals surface area contributed by atoms with Crippen molar-refractivity contribution in [2.45, 2.75) is 34.6 Å². The zero-order chi connectivity index (χ0) is 20.3. The average molecular weight is 396 g/mol. The highest BCUT2D eigenvalue weighted by molar-refractivity contribution is 7.80. The second-order valence-electron chi connectivity index (χ2n) is 6.76. The maximum absolute atomic E-state index is 5.96. The third-order valence-electron chi connectivity index (χ3n) is 4.41. The molecule has 0 aliphatic heterocycles. The maximum atomic E-state index is 5.96. The summed E-state index contributed by atoms with van der Waals surface area (Å²) in [5.74, 6) is 1.40. The molecular weight excluding hydrogens is 370 g/mol. The number of nitrogens with one attached hydrogen (secondary N) is 2. The molecule has 28 heavy (non-hydrogen) atoms. The number of rotatable bonds is 5. The summed E-state index contributed by atoms with van der Waals surface area (Å²) in [6.45, 7) is 10.6. The summed E-state index contributed by atoms with van der Waals surface area (Å²) >= 11 is 5.40. The molecule has 0 unspecified atom stereocenters. The molecule has 0 radical (unpaired) electrons. The van der Waals surface area contributed by atoms with E-state index in [1.165, 1.54) is 5.56 Å². The van der Waals surface area contributed by atoms with Crippen LogP contribution in [-0.4, -0.2) is 17.4 Å². The van der Waals surface area contributed by atoms with Crippen LogP contribution in [0, 0.1) is 20.8 Å². The molecule has 0 fully saturated rings. The molecule has 0 aliphatic carbocycles. The summed E-state index contributed by atoms with van der Waals surface area (Å²) in [6.07, 6.45) is 0. The van der Waals surface area contributed by atoms with Gasteiger partial charge in [-0.15, -0.1) is 0 Å². The van der Waals surface area contributed by atoms with E-state index in [1.54, 1.807) is 0 Å². The van der Waals surface area contributed by atoms with E-state index < -0.39 is 0 Å². The predicted octanol–water partition coefficient (Wildman–Crippen LogP) is 5.47. The molecule has 0 aliphatic rings. The molecule has 146 valence electrons. The lowest BCUT2D eigenvalue weighted by molar-refractivity contribution is 0.338. The second kappa shape index (κ2) is 8.44. The molecule has 0 saturated carbocycles. The largest absolute Gasteiger partial charge is 0.490 e. The third-order valence-corrected chi connectivity index (χ3v) is 4.60. The van der Waals surface area contributed by atoms with Crippen LogP contribution in [0.1, 0.15) is 36.3 Å². The molecule has 0 spiro atoms. The van der Waals surface area contributed by atoms with Gasteiger partial charge in [0.1, 0.15) is 5.71 Å². The van der Waals surface area contributed by atoms with E-state index >= 15 is 0 Å². The fourth-order valence-electron chi connectivity index (χ4n) is 3.19. The zero-order valence-electron chi connectivity index (χ0n) is 16.8. The highest BCUT2D eigenvalue weighted by Crippen LogP contribution is 2.29. The van der Waals surface area contributed by atoms with Crippen LogP contribution in [0.2, 0.25) is 0 Å². The van der Waals surface area contributed by atoms with Gasteiger partial charge in [-0.1, -0.05) is 29.8 Å². The lowest BCUT2D eigenvalue weighted by atomic mass is 10.1. The van der Waals surface area contributed by atoms with E-state index in [9.17, 15) is 0 Å². The summed E-state index contributed by atoms with van der Waals surface area (Å²) in [6, 6.07) is 12.0. The number of para-hydroxylation sites is 1. The van der Waals surface area contributed by atoms with Gasteiger partial charge in [-0.05, 0) is 70.1 Å². The van der Waals surface area contributed by atoms with Crippen LogP contribution in [0.3, 0.4) is 0 Å². The molecule has 3 rings (SSSR count). The van der Waals surface area contributed by atoms with E-state index in [2.05, 4.69) is 48.7 Å². The SMILES string of the molecule is CCOc1cccc2cc(C(C)=NNC(=S)Nc3c(C)cc(C)cc3C)oc12. The maximum Gasteiger partial charge on any atom is 0.191 e. The minimum absolute atomic E-state index is 0.431. The number of thiocarbonyl (C=S) groups is 1. The molecule has 5 nitrogen and oxygen atoms in total. The number of anilines is 1. The molecule has 0 bridgehead atoms. The minimum Gasteiger partial charge on any atom is -0.490 e. The lowest BCUT2D eigenvalue weighted by Crippen LogP contribution is -2.25. The van der Waals surface area contributed by atoms with E-state index in [-0.39, 0.29) is 0 Å². The number of ether oxygens (including phenoxy) is 1. The Balaban J connectivity index is 1.75. The van der Waals surface area contributed by atoms with Crippen LogP contribution in [0.4, 0.5) is 5.69 Å². The van der Waals surface area contributed by atoms with Crippen molar-refractivity contribution in [3.63, 3.8) is 0 Å². The van der Waals surface area contributed by atoms with E-state index in [1.807, 2.05) is 38.1 Å². The molecular formula is C22H25N3O2S. The third kappa shape index (κ3) is 4.34. The Morgan fingerprint density at radius 1 is 1.14 bits per heavy atom. The minimum atomic E-state index is 0.431. The summed E-state index contributed by atoms with van der Waals surface area (Å²) in [4.78, 5) is 0. The predicted molar refractivity (Wildman–Crippen MR) is 120 cm³/mol. The normalized spacial score (nSPS) is 11.5. The van der Waals surface area contributed by atoms with Gasteiger partial charge in [0.25, 0.3) is 0 Å². The van der Waals surface area contributed by atoms with Gasteiger partial charge in [0.05, 0.1) is 6.61 Å². The Hall–Kier alpha value is -2.86. The van der Waals surface area contributed by atoms with Gasteiger partial charge in [0.2, 0.25) is 0 Å². The zero-order valence-corrected chi connectivity index (χ0v) is 17.7. The van der Waals surface area contributed by atoms with E-state index in [4.69, 9.17) is 21.4 Å². The molecule has 2 N–H and O–H groups in total. The number of aryl methyl sites for hydroxylation is 3. The highest BCUT2D eigenvalue weighted by Gasteiger charge is 2.11. The van der Waals surface area contributed by atoms with Crippen molar-refractivity contribution in [1.82, 2.24) is 5.43 Å². The van der Waals surface area contributed by atoms with E-state index in [0.29, 0.717) is 23.2 Å². The monoisotopic (exact) mass is 395 g/mol. The van der Waals surface area contributed by atoms with Crippen LogP contribution >= 0.6 is 12.2 Å². The van der Waals surface area contributed by atoms with Crippen molar-refractivity contribution in [3.8, 4) is 5.75 Å². The smallest absolute Gasteiger partial charge is 0.191 e. The second-order valence-corrected chi connectivity index (χ2v) is 7.16. The van der Waals surface area contributed by atoms with Crippen molar-refractivity contribution in [2.75, 3.05) is 11.9 Å². The Morgan fingerprint density at radius 3 is 2.54 bits per heavy atom. The van der Waals surface area contributed by atoms with Crippen molar-refractivity contribution in [3.05, 3.63) is 58.8 Å². The van der Waals surface area contributed by atoms with Crippen LogP contribution in [0.25, 0.3) is 11.0 Å². The number of nitrogens with zero attached hydrogens (tertiary/aromatic N) is 1. The molecule has 1 aromatic heterocycles. The number of hydrazone groups is 1. The van der Waals surface area contributed by atoms with E-state index in [0.717, 1.165) is 33.5 Å². The standard InChI is InChI=1S/C22H25N3O2S/c1-6-26-18-9-7-8-17-12-19(27-21(17)18)16(5)24-25-22(28)23-20-14(3)10-13(2)11-15(20)4/h7-12H,6H2,1-5H3,(H2,23,25,28).